The smallest absolute Gasteiger partial charge is 0.332 e. The van der Waals surface area contributed by atoms with Crippen molar-refractivity contribution in [2.45, 2.75) is 51.6 Å². The fourth-order valence-electron chi connectivity index (χ4n) is 6.15. The number of nitrogens with zero attached hydrogens (tertiary/aromatic N) is 5. The average molecular weight is 682 g/mol. The molecule has 6 rings (SSSR count). The molecule has 0 saturated carbocycles. The molecule has 0 bridgehead atoms. The third-order valence-electron chi connectivity index (χ3n) is 8.26. The van der Waals surface area contributed by atoms with Crippen LogP contribution in [0.5, 0.6) is 0 Å². The number of amides is 4. The van der Waals surface area contributed by atoms with E-state index in [9.17, 15) is 14.4 Å². The number of anilines is 2. The van der Waals surface area contributed by atoms with Gasteiger partial charge in [0, 0.05) is 31.2 Å². The second kappa shape index (κ2) is 13.0. The summed E-state index contributed by atoms with van der Waals surface area (Å²) in [6.45, 7) is 4.39. The number of aromatic nitrogens is 1. The Labute approximate surface area is 280 Å². The van der Waals surface area contributed by atoms with Gasteiger partial charge in [0.1, 0.15) is 12.2 Å². The van der Waals surface area contributed by atoms with E-state index in [1.807, 2.05) is 44.2 Å². The van der Waals surface area contributed by atoms with Crippen LogP contribution >= 0.6 is 34.5 Å². The van der Waals surface area contributed by atoms with E-state index in [0.717, 1.165) is 26.9 Å². The molecule has 0 aliphatic carbocycles. The number of urea groups is 1. The quantitative estimate of drug-likeness (QED) is 0.229. The van der Waals surface area contributed by atoms with E-state index in [0.29, 0.717) is 27.3 Å². The first-order valence-corrected chi connectivity index (χ1v) is 16.4. The molecule has 3 aromatic carbocycles. The number of fused-ring (bicyclic) bond motifs is 2. The molecule has 14 heteroatoms. The Morgan fingerprint density at radius 1 is 1.07 bits per heavy atom. The maximum absolute atomic E-state index is 14.2. The Morgan fingerprint density at radius 3 is 2.52 bits per heavy atom. The van der Waals surface area contributed by atoms with Crippen molar-refractivity contribution in [3.8, 4) is 0 Å². The molecule has 2 saturated heterocycles. The molecule has 2 fully saturated rings. The topological polar surface area (TPSA) is 141 Å². The van der Waals surface area contributed by atoms with E-state index < -0.39 is 12.2 Å². The van der Waals surface area contributed by atoms with Crippen LogP contribution in [-0.2, 0) is 29.1 Å². The van der Waals surface area contributed by atoms with Crippen LogP contribution in [0.25, 0.3) is 10.2 Å². The fraction of sp³-hybridized carbons (Fsp3) is 0.312. The molecule has 3 heterocycles. The summed E-state index contributed by atoms with van der Waals surface area (Å²) in [7, 11) is 0. The second-order valence-electron chi connectivity index (χ2n) is 11.7. The maximum Gasteiger partial charge on any atom is 0.332 e. The SMILES string of the molecule is CC(C)N(C(=O)NCc1ccc(Cl)c(Cl)c1)N1CC(=O)N2[C@@H](Cc3ccc(N)cc3)C(=O)N(Cc3cccc4sc(N)nc34)C[C@@H]21. The summed E-state index contributed by atoms with van der Waals surface area (Å²) in [6.07, 6.45) is -0.285. The first-order chi connectivity index (χ1) is 22.0. The predicted octanol–water partition coefficient (Wildman–Crippen LogP) is 4.73. The van der Waals surface area contributed by atoms with Gasteiger partial charge in [-0.2, -0.15) is 5.01 Å². The Balaban J connectivity index is 1.31. The third kappa shape index (κ3) is 6.30. The van der Waals surface area contributed by atoms with Crippen LogP contribution < -0.4 is 16.8 Å². The average Bonchev–Trinajstić information content (AvgIpc) is 3.55. The molecule has 2 aliphatic rings. The zero-order chi connectivity index (χ0) is 32.7. The Hall–Kier alpha value is -4.10. The summed E-state index contributed by atoms with van der Waals surface area (Å²) in [5, 5.41) is 7.56. The molecule has 2 aliphatic heterocycles. The maximum atomic E-state index is 14.2. The number of nitrogens with two attached hydrogens (primary N) is 2. The number of piperazine rings is 1. The highest BCUT2D eigenvalue weighted by molar-refractivity contribution is 7.22. The number of hydrogen-bond donors (Lipinski definition) is 3. The number of thiazole rings is 1. The normalized spacial score (nSPS) is 18.5. The van der Waals surface area contributed by atoms with Gasteiger partial charge in [0.15, 0.2) is 5.13 Å². The molecule has 46 heavy (non-hydrogen) atoms. The van der Waals surface area contributed by atoms with Crippen molar-refractivity contribution < 1.29 is 14.4 Å². The lowest BCUT2D eigenvalue weighted by Crippen LogP contribution is -2.66. The van der Waals surface area contributed by atoms with Crippen molar-refractivity contribution in [2.24, 2.45) is 0 Å². The van der Waals surface area contributed by atoms with E-state index in [-0.39, 0.29) is 50.1 Å². The molecule has 2 atom stereocenters. The predicted molar refractivity (Wildman–Crippen MR) is 181 cm³/mol. The number of benzene rings is 3. The lowest BCUT2D eigenvalue weighted by atomic mass is 9.99. The summed E-state index contributed by atoms with van der Waals surface area (Å²) in [4.78, 5) is 49.6. The van der Waals surface area contributed by atoms with E-state index in [2.05, 4.69) is 10.3 Å². The number of halogens is 2. The van der Waals surface area contributed by atoms with Gasteiger partial charge in [-0.25, -0.2) is 9.78 Å². The molecule has 240 valence electrons. The number of hydrogen-bond acceptors (Lipinski definition) is 8. The van der Waals surface area contributed by atoms with Gasteiger partial charge < -0.3 is 26.6 Å². The molecule has 4 aromatic rings. The molecular formula is C32H34Cl2N8O3S. The number of carbonyl (C=O) groups is 3. The van der Waals surface area contributed by atoms with Crippen LogP contribution in [0.15, 0.2) is 60.7 Å². The van der Waals surface area contributed by atoms with Gasteiger partial charge in [-0.15, -0.1) is 0 Å². The van der Waals surface area contributed by atoms with Crippen LogP contribution in [0, 0.1) is 0 Å². The largest absolute Gasteiger partial charge is 0.399 e. The Bertz CT molecular complexity index is 1800. The van der Waals surface area contributed by atoms with E-state index in [4.69, 9.17) is 34.7 Å². The van der Waals surface area contributed by atoms with Gasteiger partial charge >= 0.3 is 6.03 Å². The van der Waals surface area contributed by atoms with Crippen LogP contribution in [0.1, 0.15) is 30.5 Å². The minimum absolute atomic E-state index is 0.0550. The summed E-state index contributed by atoms with van der Waals surface area (Å²) >= 11 is 13.6. The number of nitrogen functional groups attached to an aromatic ring is 2. The number of carbonyl (C=O) groups excluding carboxylic acids is 3. The van der Waals surface area contributed by atoms with Crippen molar-refractivity contribution in [2.75, 3.05) is 24.6 Å². The minimum Gasteiger partial charge on any atom is -0.399 e. The second-order valence-corrected chi connectivity index (χ2v) is 13.6. The van der Waals surface area contributed by atoms with E-state index in [1.54, 1.807) is 50.1 Å². The van der Waals surface area contributed by atoms with E-state index in [1.165, 1.54) is 11.3 Å². The number of rotatable bonds is 8. The molecule has 0 unspecified atom stereocenters. The Kier molecular flexibility index (Phi) is 8.97. The standard InChI is InChI=1S/C32H34Cl2N8O3S/c1-18(2)42(32(45)37-14-20-8-11-23(33)24(34)12-20)40-17-28(43)41-25(13-19-6-9-22(35)10-7-19)30(44)39(16-27(40)41)15-21-4-3-5-26-29(21)38-31(36)46-26/h3-12,18,25,27H,13-17,35H2,1-2H3,(H2,36,38)(H,37,45)/t25-,27+/m0/s1. The highest BCUT2D eigenvalue weighted by Gasteiger charge is 2.52. The molecule has 0 spiro atoms. The zero-order valence-corrected chi connectivity index (χ0v) is 27.6. The van der Waals surface area contributed by atoms with Crippen LogP contribution in [0.3, 0.4) is 0 Å². The van der Waals surface area contributed by atoms with Gasteiger partial charge in [-0.3, -0.25) is 14.6 Å². The van der Waals surface area contributed by atoms with E-state index >= 15 is 0 Å². The summed E-state index contributed by atoms with van der Waals surface area (Å²) in [5.41, 5.74) is 15.8. The third-order valence-corrected chi connectivity index (χ3v) is 9.85. The van der Waals surface area contributed by atoms with Crippen molar-refractivity contribution in [1.82, 2.24) is 30.1 Å². The lowest BCUT2D eigenvalue weighted by Gasteiger charge is -2.47. The van der Waals surface area contributed by atoms with Crippen LogP contribution in [0.2, 0.25) is 10.0 Å². The van der Waals surface area contributed by atoms with Crippen molar-refractivity contribution in [3.05, 3.63) is 87.4 Å². The summed E-state index contributed by atoms with van der Waals surface area (Å²) in [6, 6.07) is 16.8. The monoisotopic (exact) mass is 680 g/mol. The first-order valence-electron chi connectivity index (χ1n) is 14.9. The van der Waals surface area contributed by atoms with Crippen molar-refractivity contribution >= 4 is 73.4 Å². The molecule has 5 N–H and O–H groups in total. The molecule has 4 amide bonds. The molecule has 11 nitrogen and oxygen atoms in total. The van der Waals surface area contributed by atoms with Gasteiger partial charge in [-0.05, 0) is 60.9 Å². The van der Waals surface area contributed by atoms with Crippen LogP contribution in [-0.4, -0.2) is 74.0 Å². The highest BCUT2D eigenvalue weighted by atomic mass is 35.5. The van der Waals surface area contributed by atoms with Gasteiger partial charge in [0.05, 0.1) is 33.4 Å². The summed E-state index contributed by atoms with van der Waals surface area (Å²) in [5.74, 6) is -0.403. The lowest BCUT2D eigenvalue weighted by molar-refractivity contribution is -0.158. The summed E-state index contributed by atoms with van der Waals surface area (Å²) < 4.78 is 0.932. The molecule has 0 radical (unpaired) electrons. The minimum atomic E-state index is -0.784. The van der Waals surface area contributed by atoms with Crippen LogP contribution in [0.4, 0.5) is 15.6 Å². The van der Waals surface area contributed by atoms with Crippen molar-refractivity contribution in [3.63, 3.8) is 0 Å². The Morgan fingerprint density at radius 2 is 1.80 bits per heavy atom. The number of hydrazine groups is 1. The molecule has 1 aromatic heterocycles. The highest BCUT2D eigenvalue weighted by Crippen LogP contribution is 2.33. The fourth-order valence-corrected chi connectivity index (χ4v) is 7.26. The number of nitrogens with one attached hydrogen (secondary N) is 1. The van der Waals surface area contributed by atoms with Gasteiger partial charge in [-0.1, -0.05) is 64.9 Å². The first kappa shape index (κ1) is 31.9. The van der Waals surface area contributed by atoms with Gasteiger partial charge in [0.25, 0.3) is 0 Å². The number of para-hydroxylation sites is 1. The molecular weight excluding hydrogens is 647 g/mol. The van der Waals surface area contributed by atoms with Crippen molar-refractivity contribution in [1.29, 1.82) is 0 Å². The zero-order valence-electron chi connectivity index (χ0n) is 25.3. The van der Waals surface area contributed by atoms with Gasteiger partial charge in [0.2, 0.25) is 11.8 Å².